The summed E-state index contributed by atoms with van der Waals surface area (Å²) in [4.78, 5) is 13.6. The van der Waals surface area contributed by atoms with Crippen LogP contribution in [0.2, 0.25) is 0 Å². The first-order chi connectivity index (χ1) is 7.45. The third-order valence-electron chi connectivity index (χ3n) is 1.86. The molecule has 0 radical (unpaired) electrons. The van der Waals surface area contributed by atoms with E-state index >= 15 is 0 Å². The van der Waals surface area contributed by atoms with Gasteiger partial charge in [-0.05, 0) is 0 Å². The van der Waals surface area contributed by atoms with E-state index in [-0.39, 0.29) is 0 Å². The molecule has 1 aromatic rings. The van der Waals surface area contributed by atoms with E-state index in [9.17, 15) is 22.4 Å². The zero-order valence-corrected chi connectivity index (χ0v) is 8.14. The summed E-state index contributed by atoms with van der Waals surface area (Å²) in [5.74, 6) is -3.70. The van der Waals surface area contributed by atoms with Crippen molar-refractivity contribution in [2.75, 3.05) is 7.11 Å². The molecule has 7 heteroatoms. The quantitative estimate of drug-likeness (QED) is 0.458. The number of ether oxygens (including phenoxy) is 1. The predicted octanol–water partition coefficient (Wildman–Crippen LogP) is 2.01. The highest BCUT2D eigenvalue weighted by molar-refractivity contribution is 5.72. The zero-order chi connectivity index (χ0) is 12.3. The molecular weight excluding hydrogens is 230 g/mol. The predicted molar refractivity (Wildman–Crippen MR) is 44.8 cm³/mol. The summed E-state index contributed by atoms with van der Waals surface area (Å²) in [6.45, 7) is 0. The molecule has 0 atom stereocenters. The van der Waals surface area contributed by atoms with Gasteiger partial charge < -0.3 is 4.74 Å². The second-order valence-corrected chi connectivity index (χ2v) is 2.86. The highest BCUT2D eigenvalue weighted by Crippen LogP contribution is 2.25. The second-order valence-electron chi connectivity index (χ2n) is 2.86. The largest absolute Gasteiger partial charge is 0.469 e. The second kappa shape index (κ2) is 4.91. The number of alkyl halides is 2. The maximum atomic E-state index is 13.1. The molecule has 1 rings (SSSR count). The van der Waals surface area contributed by atoms with Crippen LogP contribution in [0.25, 0.3) is 0 Å². The molecule has 0 aromatic carbocycles. The topological polar surface area (TPSA) is 39.2 Å². The lowest BCUT2D eigenvalue weighted by Crippen LogP contribution is -2.11. The number of pyridine rings is 1. The van der Waals surface area contributed by atoms with Gasteiger partial charge in [0.1, 0.15) is 0 Å². The first-order valence-electron chi connectivity index (χ1n) is 4.15. The molecule has 16 heavy (non-hydrogen) atoms. The van der Waals surface area contributed by atoms with E-state index in [1.165, 1.54) is 0 Å². The minimum atomic E-state index is -3.09. The lowest BCUT2D eigenvalue weighted by atomic mass is 10.1. The summed E-state index contributed by atoms with van der Waals surface area (Å²) in [6, 6.07) is 0.395. The molecule has 0 N–H and O–H groups in total. The number of hydrogen-bond donors (Lipinski definition) is 0. The normalized spacial score (nSPS) is 10.6. The van der Waals surface area contributed by atoms with Crippen LogP contribution in [0, 0.1) is 11.9 Å². The van der Waals surface area contributed by atoms with Crippen LogP contribution in [0.4, 0.5) is 17.6 Å². The molecule has 0 aliphatic carbocycles. The van der Waals surface area contributed by atoms with Crippen LogP contribution < -0.4 is 0 Å². The molecule has 88 valence electrons. The molecule has 0 bridgehead atoms. The molecule has 3 nitrogen and oxygen atoms in total. The van der Waals surface area contributed by atoms with Crippen LogP contribution >= 0.6 is 0 Å². The number of nitrogens with zero attached hydrogens (tertiary/aromatic N) is 1. The standard InChI is InChI=1S/C9H7F4NO2/c1-16-7(15)3-5-4(8(11)12)2-6(10)14-9(5)13/h2,8H,3H2,1H3. The Labute approximate surface area is 88.0 Å². The lowest BCUT2D eigenvalue weighted by molar-refractivity contribution is -0.139. The maximum absolute atomic E-state index is 13.1. The van der Waals surface area contributed by atoms with Gasteiger partial charge in [-0.25, -0.2) is 8.78 Å². The van der Waals surface area contributed by atoms with E-state index in [0.717, 1.165) is 7.11 Å². The minimum absolute atomic E-state index is 0.395. The van der Waals surface area contributed by atoms with E-state index in [2.05, 4.69) is 9.72 Å². The van der Waals surface area contributed by atoms with Crippen molar-refractivity contribution in [1.29, 1.82) is 0 Å². The third-order valence-corrected chi connectivity index (χ3v) is 1.86. The van der Waals surface area contributed by atoms with Crippen molar-refractivity contribution in [2.24, 2.45) is 0 Å². The van der Waals surface area contributed by atoms with Crippen molar-refractivity contribution in [1.82, 2.24) is 4.98 Å². The smallest absolute Gasteiger partial charge is 0.310 e. The fourth-order valence-corrected chi connectivity index (χ4v) is 1.11. The van der Waals surface area contributed by atoms with E-state index in [4.69, 9.17) is 0 Å². The van der Waals surface area contributed by atoms with Crippen LogP contribution in [0.1, 0.15) is 17.6 Å². The summed E-state index contributed by atoms with van der Waals surface area (Å²) in [5.41, 5.74) is -1.54. The number of methoxy groups -OCH3 is 1. The average molecular weight is 237 g/mol. The Morgan fingerprint density at radius 2 is 2.12 bits per heavy atom. The van der Waals surface area contributed by atoms with Gasteiger partial charge in [0.15, 0.2) is 0 Å². The molecule has 0 spiro atoms. The average Bonchev–Trinajstić information content (AvgIpc) is 2.20. The van der Waals surface area contributed by atoms with Crippen molar-refractivity contribution >= 4 is 5.97 Å². The first-order valence-corrected chi connectivity index (χ1v) is 4.15. The lowest BCUT2D eigenvalue weighted by Gasteiger charge is -2.08. The van der Waals surface area contributed by atoms with E-state index < -0.39 is 41.8 Å². The van der Waals surface area contributed by atoms with Crippen molar-refractivity contribution < 1.29 is 27.1 Å². The fraction of sp³-hybridized carbons (Fsp3) is 0.333. The Kier molecular flexibility index (Phi) is 3.81. The Balaban J connectivity index is 3.19. The number of aromatic nitrogens is 1. The Bertz CT molecular complexity index is 409. The fourth-order valence-electron chi connectivity index (χ4n) is 1.11. The Morgan fingerprint density at radius 1 is 1.50 bits per heavy atom. The summed E-state index contributed by atoms with van der Waals surface area (Å²) in [6.07, 6.45) is -3.80. The van der Waals surface area contributed by atoms with Crippen molar-refractivity contribution in [2.45, 2.75) is 12.8 Å². The van der Waals surface area contributed by atoms with Crippen LogP contribution in [-0.2, 0) is 16.0 Å². The van der Waals surface area contributed by atoms with E-state index in [1.807, 2.05) is 0 Å². The van der Waals surface area contributed by atoms with Gasteiger partial charge in [0.05, 0.1) is 13.5 Å². The Hall–Kier alpha value is -1.66. The Morgan fingerprint density at radius 3 is 2.62 bits per heavy atom. The minimum Gasteiger partial charge on any atom is -0.469 e. The van der Waals surface area contributed by atoms with Gasteiger partial charge in [-0.3, -0.25) is 4.79 Å². The van der Waals surface area contributed by atoms with Gasteiger partial charge in [0.25, 0.3) is 6.43 Å². The van der Waals surface area contributed by atoms with Gasteiger partial charge in [-0.1, -0.05) is 0 Å². The number of hydrogen-bond acceptors (Lipinski definition) is 3. The monoisotopic (exact) mass is 237 g/mol. The maximum Gasteiger partial charge on any atom is 0.310 e. The number of halogens is 4. The zero-order valence-electron chi connectivity index (χ0n) is 8.14. The van der Waals surface area contributed by atoms with Crippen molar-refractivity contribution in [3.05, 3.63) is 29.1 Å². The van der Waals surface area contributed by atoms with Gasteiger partial charge in [-0.15, -0.1) is 0 Å². The van der Waals surface area contributed by atoms with Crippen LogP contribution in [0.5, 0.6) is 0 Å². The van der Waals surface area contributed by atoms with Gasteiger partial charge in [-0.2, -0.15) is 13.8 Å². The first kappa shape index (κ1) is 12.4. The van der Waals surface area contributed by atoms with Crippen molar-refractivity contribution in [3.8, 4) is 0 Å². The molecule has 0 fully saturated rings. The highest BCUT2D eigenvalue weighted by atomic mass is 19.3. The highest BCUT2D eigenvalue weighted by Gasteiger charge is 2.21. The van der Waals surface area contributed by atoms with Gasteiger partial charge >= 0.3 is 5.97 Å². The molecule has 0 aliphatic rings. The summed E-state index contributed by atoms with van der Waals surface area (Å²) < 4.78 is 54.7. The molecule has 0 saturated carbocycles. The number of carbonyl (C=O) groups is 1. The molecule has 1 aromatic heterocycles. The van der Waals surface area contributed by atoms with E-state index in [1.54, 1.807) is 0 Å². The number of carbonyl (C=O) groups excluding carboxylic acids is 1. The summed E-state index contributed by atoms with van der Waals surface area (Å²) in [5, 5.41) is 0. The van der Waals surface area contributed by atoms with Crippen molar-refractivity contribution in [3.63, 3.8) is 0 Å². The molecule has 0 aliphatic heterocycles. The molecule has 0 amide bonds. The molecular formula is C9H7F4NO2. The summed E-state index contributed by atoms with van der Waals surface area (Å²) >= 11 is 0. The van der Waals surface area contributed by atoms with E-state index in [0.29, 0.717) is 6.07 Å². The van der Waals surface area contributed by atoms with Crippen LogP contribution in [-0.4, -0.2) is 18.1 Å². The molecule has 0 saturated heterocycles. The number of esters is 1. The van der Waals surface area contributed by atoms with Gasteiger partial charge in [0, 0.05) is 17.2 Å². The van der Waals surface area contributed by atoms with Crippen LogP contribution in [0.3, 0.4) is 0 Å². The summed E-state index contributed by atoms with van der Waals surface area (Å²) in [7, 11) is 1.03. The SMILES string of the molecule is COC(=O)Cc1c(C(F)F)cc(F)nc1F. The molecule has 0 unspecified atom stereocenters. The van der Waals surface area contributed by atoms with Crippen LogP contribution in [0.15, 0.2) is 6.07 Å². The third kappa shape index (κ3) is 2.68. The molecule has 1 heterocycles. The van der Waals surface area contributed by atoms with Gasteiger partial charge in [0.2, 0.25) is 11.9 Å². The number of rotatable bonds is 3.